The molecular formula is C24H28N2O5. The lowest BCUT2D eigenvalue weighted by molar-refractivity contribution is -0.137. The van der Waals surface area contributed by atoms with Crippen LogP contribution in [0.25, 0.3) is 5.57 Å². The van der Waals surface area contributed by atoms with Crippen molar-refractivity contribution in [2.75, 3.05) is 32.7 Å². The van der Waals surface area contributed by atoms with Gasteiger partial charge in [-0.3, -0.25) is 14.5 Å². The van der Waals surface area contributed by atoms with Crippen LogP contribution in [0.5, 0.6) is 11.5 Å². The first-order chi connectivity index (χ1) is 14.8. The maximum Gasteiger partial charge on any atom is 0.278 e. The zero-order chi connectivity index (χ0) is 22.5. The first-order valence-electron chi connectivity index (χ1n) is 10.1. The van der Waals surface area contributed by atoms with Crippen LogP contribution in [0.4, 0.5) is 5.69 Å². The molecule has 1 aliphatic heterocycles. The van der Waals surface area contributed by atoms with Gasteiger partial charge in [-0.15, -0.1) is 0 Å². The van der Waals surface area contributed by atoms with Gasteiger partial charge in [0.2, 0.25) is 0 Å². The molecule has 7 heteroatoms. The molecule has 0 radical (unpaired) electrons. The van der Waals surface area contributed by atoms with Crippen molar-refractivity contribution in [2.24, 2.45) is 0 Å². The SMILES string of the molecule is COc1ccc(C2=C(Nc3ccc(C)cc3)C(=O)N(CCOC(C)C)C2=O)cc1OC. The molecule has 0 bridgehead atoms. The molecule has 7 nitrogen and oxygen atoms in total. The molecular weight excluding hydrogens is 396 g/mol. The monoisotopic (exact) mass is 424 g/mol. The number of carbonyl (C=O) groups is 2. The fourth-order valence-corrected chi connectivity index (χ4v) is 3.32. The molecule has 31 heavy (non-hydrogen) atoms. The largest absolute Gasteiger partial charge is 0.493 e. The van der Waals surface area contributed by atoms with Crippen LogP contribution in [0.15, 0.2) is 48.2 Å². The van der Waals surface area contributed by atoms with Gasteiger partial charge in [0.15, 0.2) is 11.5 Å². The molecule has 0 aliphatic carbocycles. The Morgan fingerprint density at radius 1 is 0.935 bits per heavy atom. The molecule has 2 aromatic carbocycles. The quantitative estimate of drug-likeness (QED) is 0.620. The lowest BCUT2D eigenvalue weighted by atomic mass is 10.0. The van der Waals surface area contributed by atoms with Crippen molar-refractivity contribution in [2.45, 2.75) is 26.9 Å². The summed E-state index contributed by atoms with van der Waals surface area (Å²) < 4.78 is 16.2. The highest BCUT2D eigenvalue weighted by molar-refractivity contribution is 6.36. The number of nitrogens with zero attached hydrogens (tertiary/aromatic N) is 1. The molecule has 164 valence electrons. The Morgan fingerprint density at radius 3 is 2.23 bits per heavy atom. The number of nitrogens with one attached hydrogen (secondary N) is 1. The van der Waals surface area contributed by atoms with Crippen LogP contribution in [-0.4, -0.2) is 50.2 Å². The highest BCUT2D eigenvalue weighted by Gasteiger charge is 2.39. The standard InChI is InChI=1S/C24H28N2O5/c1-15(2)31-13-12-26-23(27)21(17-8-11-19(29-4)20(14-17)30-5)22(24(26)28)25-18-9-6-16(3)7-10-18/h6-11,14-15,25H,12-13H2,1-5H3. The Bertz CT molecular complexity index is 996. The van der Waals surface area contributed by atoms with Gasteiger partial charge >= 0.3 is 0 Å². The number of anilines is 1. The molecule has 1 heterocycles. The number of rotatable bonds is 9. The van der Waals surface area contributed by atoms with E-state index in [2.05, 4.69) is 5.32 Å². The fraction of sp³-hybridized carbons (Fsp3) is 0.333. The van der Waals surface area contributed by atoms with E-state index in [9.17, 15) is 9.59 Å². The van der Waals surface area contributed by atoms with Crippen molar-refractivity contribution in [3.8, 4) is 11.5 Å². The van der Waals surface area contributed by atoms with E-state index in [1.807, 2.05) is 45.0 Å². The van der Waals surface area contributed by atoms with Crippen molar-refractivity contribution < 1.29 is 23.8 Å². The number of hydrogen-bond donors (Lipinski definition) is 1. The molecule has 0 aromatic heterocycles. The Labute approximate surface area is 182 Å². The van der Waals surface area contributed by atoms with Gasteiger partial charge in [0.25, 0.3) is 11.8 Å². The minimum Gasteiger partial charge on any atom is -0.493 e. The number of hydrogen-bond acceptors (Lipinski definition) is 6. The predicted molar refractivity (Wildman–Crippen MR) is 119 cm³/mol. The van der Waals surface area contributed by atoms with Crippen LogP contribution in [0.2, 0.25) is 0 Å². The van der Waals surface area contributed by atoms with Crippen molar-refractivity contribution in [3.05, 3.63) is 59.3 Å². The number of benzene rings is 2. The molecule has 0 saturated carbocycles. The van der Waals surface area contributed by atoms with Crippen LogP contribution in [0.1, 0.15) is 25.0 Å². The van der Waals surface area contributed by atoms with E-state index in [1.165, 1.54) is 12.0 Å². The molecule has 1 N–H and O–H groups in total. The number of methoxy groups -OCH3 is 2. The summed E-state index contributed by atoms with van der Waals surface area (Å²) in [6.07, 6.45) is 0.0104. The van der Waals surface area contributed by atoms with Crippen LogP contribution in [0.3, 0.4) is 0 Å². The lowest BCUT2D eigenvalue weighted by Crippen LogP contribution is -2.35. The van der Waals surface area contributed by atoms with E-state index in [0.29, 0.717) is 17.1 Å². The Balaban J connectivity index is 2.01. The van der Waals surface area contributed by atoms with Gasteiger partial charge in [0.1, 0.15) is 5.70 Å². The van der Waals surface area contributed by atoms with E-state index in [1.54, 1.807) is 25.3 Å². The molecule has 0 fully saturated rings. The molecule has 1 aliphatic rings. The summed E-state index contributed by atoms with van der Waals surface area (Å²) in [5, 5.41) is 3.15. The van der Waals surface area contributed by atoms with Crippen molar-refractivity contribution in [3.63, 3.8) is 0 Å². The third-order valence-electron chi connectivity index (χ3n) is 4.93. The van der Waals surface area contributed by atoms with Gasteiger partial charge < -0.3 is 19.5 Å². The van der Waals surface area contributed by atoms with Gasteiger partial charge in [-0.2, -0.15) is 0 Å². The minimum atomic E-state index is -0.386. The van der Waals surface area contributed by atoms with Crippen LogP contribution < -0.4 is 14.8 Å². The average Bonchev–Trinajstić information content (AvgIpc) is 2.98. The van der Waals surface area contributed by atoms with E-state index in [-0.39, 0.29) is 42.3 Å². The third kappa shape index (κ3) is 4.88. The molecule has 3 rings (SSSR count). The molecule has 0 saturated heterocycles. The first kappa shape index (κ1) is 22.4. The summed E-state index contributed by atoms with van der Waals surface area (Å²) in [6.45, 7) is 6.24. The summed E-state index contributed by atoms with van der Waals surface area (Å²) in [7, 11) is 3.07. The zero-order valence-corrected chi connectivity index (χ0v) is 18.5. The first-order valence-corrected chi connectivity index (χ1v) is 10.1. The van der Waals surface area contributed by atoms with E-state index < -0.39 is 0 Å². The van der Waals surface area contributed by atoms with Gasteiger partial charge in [-0.1, -0.05) is 23.8 Å². The maximum atomic E-state index is 13.3. The molecule has 0 atom stereocenters. The van der Waals surface area contributed by atoms with Crippen LogP contribution >= 0.6 is 0 Å². The number of aryl methyl sites for hydroxylation is 1. The lowest BCUT2D eigenvalue weighted by Gasteiger charge is -2.16. The van der Waals surface area contributed by atoms with Crippen LogP contribution in [-0.2, 0) is 14.3 Å². The zero-order valence-electron chi connectivity index (χ0n) is 18.5. The third-order valence-corrected chi connectivity index (χ3v) is 4.93. The van der Waals surface area contributed by atoms with Crippen molar-refractivity contribution >= 4 is 23.1 Å². The highest BCUT2D eigenvalue weighted by atomic mass is 16.5. The Morgan fingerprint density at radius 2 is 1.61 bits per heavy atom. The number of ether oxygens (including phenoxy) is 3. The summed E-state index contributed by atoms with van der Waals surface area (Å²) in [5.41, 5.74) is 2.90. The number of imide groups is 1. The predicted octanol–water partition coefficient (Wildman–Crippen LogP) is 3.63. The minimum absolute atomic E-state index is 0.0104. The maximum absolute atomic E-state index is 13.3. The summed E-state index contributed by atoms with van der Waals surface area (Å²) >= 11 is 0. The molecule has 2 aromatic rings. The van der Waals surface area contributed by atoms with E-state index in [0.717, 1.165) is 11.3 Å². The second-order valence-electron chi connectivity index (χ2n) is 7.49. The van der Waals surface area contributed by atoms with Crippen molar-refractivity contribution in [1.82, 2.24) is 4.90 Å². The van der Waals surface area contributed by atoms with Crippen molar-refractivity contribution in [1.29, 1.82) is 0 Å². The molecule has 2 amide bonds. The Hall–Kier alpha value is -3.32. The average molecular weight is 424 g/mol. The summed E-state index contributed by atoms with van der Waals surface area (Å²) in [5.74, 6) is 0.254. The van der Waals surface area contributed by atoms with Gasteiger partial charge in [-0.05, 0) is 50.6 Å². The van der Waals surface area contributed by atoms with Gasteiger partial charge in [-0.25, -0.2) is 0 Å². The number of amides is 2. The van der Waals surface area contributed by atoms with Crippen LogP contribution in [0, 0.1) is 6.92 Å². The van der Waals surface area contributed by atoms with Gasteiger partial charge in [0.05, 0.1) is 39.0 Å². The highest BCUT2D eigenvalue weighted by Crippen LogP contribution is 2.35. The second-order valence-corrected chi connectivity index (χ2v) is 7.49. The summed E-state index contributed by atoms with van der Waals surface area (Å²) in [6, 6.07) is 12.8. The number of carbonyl (C=O) groups excluding carboxylic acids is 2. The second kappa shape index (κ2) is 9.66. The smallest absolute Gasteiger partial charge is 0.278 e. The molecule has 0 spiro atoms. The molecule has 0 unspecified atom stereocenters. The fourth-order valence-electron chi connectivity index (χ4n) is 3.32. The summed E-state index contributed by atoms with van der Waals surface area (Å²) in [4.78, 5) is 27.7. The van der Waals surface area contributed by atoms with E-state index >= 15 is 0 Å². The topological polar surface area (TPSA) is 77.1 Å². The van der Waals surface area contributed by atoms with E-state index in [4.69, 9.17) is 14.2 Å². The van der Waals surface area contributed by atoms with Gasteiger partial charge in [0, 0.05) is 5.69 Å². The Kier molecular flexibility index (Phi) is 6.97. The normalized spacial score (nSPS) is 13.9.